The second kappa shape index (κ2) is 9.58. The van der Waals surface area contributed by atoms with E-state index in [1.807, 2.05) is 36.4 Å². The number of likely N-dealkylation sites (tertiary alicyclic amines) is 1. The van der Waals surface area contributed by atoms with Crippen LogP contribution in [-0.4, -0.2) is 25.6 Å². The Bertz CT molecular complexity index is 762. The van der Waals surface area contributed by atoms with E-state index < -0.39 is 5.41 Å². The van der Waals surface area contributed by atoms with E-state index in [0.717, 1.165) is 49.8 Å². The fourth-order valence-corrected chi connectivity index (χ4v) is 5.19. The number of esters is 1. The molecular formula is C26H34NO2+. The van der Waals surface area contributed by atoms with Gasteiger partial charge >= 0.3 is 5.97 Å². The van der Waals surface area contributed by atoms with Crippen molar-refractivity contribution in [1.29, 1.82) is 0 Å². The van der Waals surface area contributed by atoms with E-state index in [2.05, 4.69) is 24.3 Å². The van der Waals surface area contributed by atoms with E-state index in [0.29, 0.717) is 0 Å². The molecule has 4 rings (SSSR count). The summed E-state index contributed by atoms with van der Waals surface area (Å²) >= 11 is 0. The fourth-order valence-electron chi connectivity index (χ4n) is 5.19. The molecule has 0 amide bonds. The minimum absolute atomic E-state index is 0.0244. The van der Waals surface area contributed by atoms with Crippen molar-refractivity contribution in [2.24, 2.45) is 0 Å². The molecule has 0 unspecified atom stereocenters. The monoisotopic (exact) mass is 392 g/mol. The lowest BCUT2D eigenvalue weighted by Gasteiger charge is -2.31. The third-order valence-electron chi connectivity index (χ3n) is 6.92. The molecule has 0 radical (unpaired) electrons. The molecule has 0 spiro atoms. The van der Waals surface area contributed by atoms with Gasteiger partial charge in [-0.05, 0) is 43.2 Å². The van der Waals surface area contributed by atoms with Crippen molar-refractivity contribution in [2.45, 2.75) is 62.9 Å². The fraction of sp³-hybridized carbons (Fsp3) is 0.500. The van der Waals surface area contributed by atoms with Crippen LogP contribution in [0.3, 0.4) is 0 Å². The molecule has 3 heteroatoms. The van der Waals surface area contributed by atoms with Crippen molar-refractivity contribution >= 4 is 5.97 Å². The van der Waals surface area contributed by atoms with Crippen molar-refractivity contribution in [3.8, 4) is 0 Å². The number of nitrogens with one attached hydrogen (secondary N) is 1. The quantitative estimate of drug-likeness (QED) is 0.715. The van der Waals surface area contributed by atoms with Crippen molar-refractivity contribution in [2.75, 3.05) is 19.6 Å². The van der Waals surface area contributed by atoms with Gasteiger partial charge in [0.05, 0.1) is 25.0 Å². The number of benzene rings is 2. The number of hydrogen-bond acceptors (Lipinski definition) is 2. The summed E-state index contributed by atoms with van der Waals surface area (Å²) in [5.74, 6) is -0.0244. The predicted octanol–water partition coefficient (Wildman–Crippen LogP) is 4.24. The maximum atomic E-state index is 13.6. The lowest BCUT2D eigenvalue weighted by molar-refractivity contribution is -0.905. The number of quaternary nitrogens is 1. The molecule has 1 saturated heterocycles. The Morgan fingerprint density at radius 3 is 2.14 bits per heavy atom. The normalized spacial score (nSPS) is 20.3. The minimum atomic E-state index is -0.466. The molecule has 29 heavy (non-hydrogen) atoms. The minimum Gasteiger partial charge on any atom is -0.457 e. The summed E-state index contributed by atoms with van der Waals surface area (Å²) in [6, 6.07) is 20.6. The van der Waals surface area contributed by atoms with Crippen LogP contribution in [0.15, 0.2) is 60.7 Å². The Morgan fingerprint density at radius 1 is 0.862 bits per heavy atom. The third kappa shape index (κ3) is 4.72. The second-order valence-corrected chi connectivity index (χ2v) is 8.81. The topological polar surface area (TPSA) is 30.7 Å². The summed E-state index contributed by atoms with van der Waals surface area (Å²) < 4.78 is 6.32. The lowest BCUT2D eigenvalue weighted by atomic mass is 9.79. The Hall–Kier alpha value is -2.13. The van der Waals surface area contributed by atoms with E-state index in [-0.39, 0.29) is 12.1 Å². The Morgan fingerprint density at radius 2 is 1.48 bits per heavy atom. The van der Waals surface area contributed by atoms with Gasteiger partial charge < -0.3 is 9.64 Å². The second-order valence-electron chi connectivity index (χ2n) is 8.81. The average molecular weight is 393 g/mol. The molecule has 1 aliphatic heterocycles. The molecule has 154 valence electrons. The molecule has 1 aliphatic carbocycles. The molecule has 3 nitrogen and oxygen atoms in total. The Labute approximate surface area is 175 Å². The smallest absolute Gasteiger partial charge is 0.317 e. The largest absolute Gasteiger partial charge is 0.457 e. The van der Waals surface area contributed by atoms with Gasteiger partial charge in [0.25, 0.3) is 0 Å². The zero-order valence-corrected chi connectivity index (χ0v) is 17.4. The van der Waals surface area contributed by atoms with Crippen LogP contribution in [0.2, 0.25) is 0 Å². The van der Waals surface area contributed by atoms with Crippen molar-refractivity contribution in [1.82, 2.24) is 0 Å². The van der Waals surface area contributed by atoms with Crippen LogP contribution < -0.4 is 4.90 Å². The van der Waals surface area contributed by atoms with Crippen LogP contribution in [0.4, 0.5) is 0 Å². The van der Waals surface area contributed by atoms with E-state index >= 15 is 0 Å². The van der Waals surface area contributed by atoms with E-state index in [1.165, 1.54) is 32.4 Å². The molecule has 2 aromatic carbocycles. The van der Waals surface area contributed by atoms with E-state index in [4.69, 9.17) is 4.74 Å². The summed E-state index contributed by atoms with van der Waals surface area (Å²) in [5.41, 5.74) is 1.78. The summed E-state index contributed by atoms with van der Waals surface area (Å²) in [5, 5.41) is 0. The molecule has 1 atom stereocenters. The van der Waals surface area contributed by atoms with E-state index in [9.17, 15) is 4.79 Å². The molecule has 0 bridgehead atoms. The van der Waals surface area contributed by atoms with Crippen LogP contribution in [0.5, 0.6) is 0 Å². The SMILES string of the molecule is O=C(O[C@@H](CC[NH+]1CCCCC1)c1ccccc1)C1(c2ccccc2)CCCC1. The maximum Gasteiger partial charge on any atom is 0.317 e. The highest BCUT2D eigenvalue weighted by Crippen LogP contribution is 2.43. The highest BCUT2D eigenvalue weighted by molar-refractivity contribution is 5.84. The van der Waals surface area contributed by atoms with Gasteiger partial charge in [-0.15, -0.1) is 0 Å². The molecule has 2 aromatic rings. The van der Waals surface area contributed by atoms with Crippen LogP contribution >= 0.6 is 0 Å². The third-order valence-corrected chi connectivity index (χ3v) is 6.92. The maximum absolute atomic E-state index is 13.6. The average Bonchev–Trinajstić information content (AvgIpc) is 3.30. The van der Waals surface area contributed by atoms with Gasteiger partial charge in [-0.25, -0.2) is 0 Å². The van der Waals surface area contributed by atoms with Crippen LogP contribution in [-0.2, 0) is 14.9 Å². The molecule has 1 N–H and O–H groups in total. The highest BCUT2D eigenvalue weighted by Gasteiger charge is 2.45. The summed E-state index contributed by atoms with van der Waals surface area (Å²) in [7, 11) is 0. The van der Waals surface area contributed by atoms with Gasteiger partial charge in [0.2, 0.25) is 0 Å². The molecule has 1 saturated carbocycles. The first-order valence-corrected chi connectivity index (χ1v) is 11.4. The number of ether oxygens (including phenoxy) is 1. The number of carbonyl (C=O) groups is 1. The van der Waals surface area contributed by atoms with Crippen molar-refractivity contribution < 1.29 is 14.4 Å². The van der Waals surface area contributed by atoms with Gasteiger partial charge in [-0.3, -0.25) is 4.79 Å². The number of rotatable bonds is 7. The predicted molar refractivity (Wildman–Crippen MR) is 116 cm³/mol. The molecule has 2 aliphatic rings. The first-order valence-electron chi connectivity index (χ1n) is 11.4. The summed E-state index contributed by atoms with van der Waals surface area (Å²) in [6.07, 6.45) is 8.74. The lowest BCUT2D eigenvalue weighted by Crippen LogP contribution is -3.12. The van der Waals surface area contributed by atoms with Gasteiger partial charge in [-0.1, -0.05) is 73.5 Å². The van der Waals surface area contributed by atoms with Gasteiger partial charge in [0.15, 0.2) is 0 Å². The first kappa shape index (κ1) is 20.2. The number of carbonyl (C=O) groups excluding carboxylic acids is 1. The Balaban J connectivity index is 1.52. The molecular weight excluding hydrogens is 358 g/mol. The zero-order valence-electron chi connectivity index (χ0n) is 17.4. The van der Waals surface area contributed by atoms with Gasteiger partial charge in [0.1, 0.15) is 6.10 Å². The van der Waals surface area contributed by atoms with Gasteiger partial charge in [0, 0.05) is 6.42 Å². The number of piperidine rings is 1. The first-order chi connectivity index (χ1) is 14.3. The zero-order chi connectivity index (χ0) is 19.9. The molecule has 0 aromatic heterocycles. The summed E-state index contributed by atoms with van der Waals surface area (Å²) in [6.45, 7) is 3.58. The van der Waals surface area contributed by atoms with Crippen molar-refractivity contribution in [3.05, 3.63) is 71.8 Å². The number of hydrogen-bond donors (Lipinski definition) is 1. The Kier molecular flexibility index (Phi) is 6.66. The van der Waals surface area contributed by atoms with Crippen LogP contribution in [0.25, 0.3) is 0 Å². The van der Waals surface area contributed by atoms with Crippen LogP contribution in [0.1, 0.15) is 68.6 Å². The van der Waals surface area contributed by atoms with Crippen molar-refractivity contribution in [3.63, 3.8) is 0 Å². The molecule has 1 heterocycles. The van der Waals surface area contributed by atoms with Gasteiger partial charge in [-0.2, -0.15) is 0 Å². The standard InChI is InChI=1S/C26H33NO2/c28-25(26(17-8-9-18-26)23-14-6-2-7-15-23)29-24(22-12-4-1-5-13-22)16-21-27-19-10-3-11-20-27/h1-2,4-7,12-15,24H,3,8-11,16-21H2/p+1/t24-/m0/s1. The van der Waals surface area contributed by atoms with Crippen LogP contribution in [0, 0.1) is 0 Å². The highest BCUT2D eigenvalue weighted by atomic mass is 16.5. The molecule has 2 fully saturated rings. The van der Waals surface area contributed by atoms with E-state index in [1.54, 1.807) is 4.90 Å². The summed E-state index contributed by atoms with van der Waals surface area (Å²) in [4.78, 5) is 15.2.